The van der Waals surface area contributed by atoms with Crippen molar-refractivity contribution in [2.75, 3.05) is 0 Å². The number of aliphatic carboxylic acids is 1. The van der Waals surface area contributed by atoms with Crippen molar-refractivity contribution in [2.24, 2.45) is 0 Å². The molecule has 0 amide bonds. The third kappa shape index (κ3) is 2.17. The minimum atomic E-state index is -0.994. The Labute approximate surface area is 113 Å². The van der Waals surface area contributed by atoms with Crippen LogP contribution in [0.1, 0.15) is 5.69 Å². The summed E-state index contributed by atoms with van der Waals surface area (Å²) >= 11 is 0. The predicted octanol–water partition coefficient (Wildman–Crippen LogP) is 1.22. The number of aromatic nitrogens is 3. The molecule has 0 radical (unpaired) electrons. The Balaban J connectivity index is 0.00000133. The first-order chi connectivity index (χ1) is 8.65. The number of rotatable bonds is 2. The number of nitrogens with zero attached hydrogens (tertiary/aromatic N) is 2. The molecular weight excluding hydrogens is 270 g/mol. The number of carbonyl (C=O) groups is 1. The summed E-state index contributed by atoms with van der Waals surface area (Å²) in [5.41, 5.74) is 1.46. The molecule has 0 fully saturated rings. The monoisotopic (exact) mass is 279 g/mol. The lowest BCUT2D eigenvalue weighted by atomic mass is 10.3. The number of fused-ring (bicyclic) bond motifs is 3. The molecule has 0 unspecified atom stereocenters. The highest BCUT2D eigenvalue weighted by molar-refractivity contribution is 5.85. The van der Waals surface area contributed by atoms with Gasteiger partial charge in [-0.25, -0.2) is 9.38 Å². The maximum atomic E-state index is 12.0. The molecule has 0 aliphatic carbocycles. The molecule has 0 saturated heterocycles. The molecule has 0 atom stereocenters. The number of carboxylic acids is 1. The highest BCUT2D eigenvalue weighted by atomic mass is 35.5. The fourth-order valence-electron chi connectivity index (χ4n) is 1.98. The zero-order valence-electron chi connectivity index (χ0n) is 9.66. The number of benzene rings is 1. The quantitative estimate of drug-likeness (QED) is 0.738. The van der Waals surface area contributed by atoms with Crippen LogP contribution in [0.15, 0.2) is 35.1 Å². The number of imidazole rings is 1. The van der Waals surface area contributed by atoms with E-state index in [-0.39, 0.29) is 24.4 Å². The van der Waals surface area contributed by atoms with Crippen LogP contribution in [0.5, 0.6) is 0 Å². The maximum absolute atomic E-state index is 12.0. The van der Waals surface area contributed by atoms with Gasteiger partial charge in [0, 0.05) is 11.8 Å². The van der Waals surface area contributed by atoms with Crippen molar-refractivity contribution < 1.29 is 9.90 Å². The largest absolute Gasteiger partial charge is 0.481 e. The van der Waals surface area contributed by atoms with Gasteiger partial charge in [-0.05, 0) is 12.1 Å². The third-order valence-corrected chi connectivity index (χ3v) is 2.69. The average molecular weight is 280 g/mol. The van der Waals surface area contributed by atoms with Gasteiger partial charge >= 0.3 is 5.97 Å². The molecule has 2 N–H and O–H groups in total. The second-order valence-corrected chi connectivity index (χ2v) is 3.96. The number of hydrogen-bond donors (Lipinski definition) is 2. The SMILES string of the molecule is Cl.O=C(O)Cc1cc(=O)n2c(nc3ccccc32)[nH]1. The molecule has 98 valence electrons. The van der Waals surface area contributed by atoms with E-state index in [4.69, 9.17) is 5.11 Å². The smallest absolute Gasteiger partial charge is 0.309 e. The van der Waals surface area contributed by atoms with Crippen molar-refractivity contribution in [3.63, 3.8) is 0 Å². The first-order valence-corrected chi connectivity index (χ1v) is 5.36. The number of para-hydroxylation sites is 2. The first-order valence-electron chi connectivity index (χ1n) is 5.36. The zero-order chi connectivity index (χ0) is 12.7. The molecule has 2 aromatic heterocycles. The second kappa shape index (κ2) is 4.74. The number of carboxylic acid groups (broad SMARTS) is 1. The molecule has 0 bridgehead atoms. The molecule has 6 nitrogen and oxygen atoms in total. The predicted molar refractivity (Wildman–Crippen MR) is 71.9 cm³/mol. The van der Waals surface area contributed by atoms with Gasteiger partial charge in [-0.1, -0.05) is 12.1 Å². The molecule has 19 heavy (non-hydrogen) atoms. The van der Waals surface area contributed by atoms with Gasteiger partial charge in [-0.15, -0.1) is 12.4 Å². The summed E-state index contributed by atoms with van der Waals surface area (Å²) in [7, 11) is 0. The average Bonchev–Trinajstić information content (AvgIpc) is 2.66. The summed E-state index contributed by atoms with van der Waals surface area (Å²) in [6.45, 7) is 0. The zero-order valence-corrected chi connectivity index (χ0v) is 10.5. The molecule has 2 heterocycles. The third-order valence-electron chi connectivity index (χ3n) is 2.69. The summed E-state index contributed by atoms with van der Waals surface area (Å²) < 4.78 is 1.43. The number of halogens is 1. The van der Waals surface area contributed by atoms with E-state index in [0.29, 0.717) is 22.5 Å². The minimum Gasteiger partial charge on any atom is -0.481 e. The summed E-state index contributed by atoms with van der Waals surface area (Å²) in [5, 5.41) is 8.72. The lowest BCUT2D eigenvalue weighted by Crippen LogP contribution is -2.16. The molecule has 0 saturated carbocycles. The van der Waals surface area contributed by atoms with E-state index in [1.165, 1.54) is 10.5 Å². The Morgan fingerprint density at radius 3 is 2.84 bits per heavy atom. The topological polar surface area (TPSA) is 87.5 Å². The summed E-state index contributed by atoms with van der Waals surface area (Å²) in [4.78, 5) is 29.7. The van der Waals surface area contributed by atoms with Crippen LogP contribution in [0.25, 0.3) is 16.8 Å². The summed E-state index contributed by atoms with van der Waals surface area (Å²) in [6.07, 6.45) is -0.227. The molecule has 1 aromatic carbocycles. The van der Waals surface area contributed by atoms with Crippen LogP contribution < -0.4 is 5.56 Å². The molecule has 3 aromatic rings. The molecule has 0 aliphatic heterocycles. The lowest BCUT2D eigenvalue weighted by Gasteiger charge is -1.99. The summed E-state index contributed by atoms with van der Waals surface area (Å²) in [6, 6.07) is 8.53. The van der Waals surface area contributed by atoms with Crippen LogP contribution in [0, 0.1) is 0 Å². The number of hydrogen-bond acceptors (Lipinski definition) is 3. The van der Waals surface area contributed by atoms with E-state index in [9.17, 15) is 9.59 Å². The summed E-state index contributed by atoms with van der Waals surface area (Å²) in [5.74, 6) is -0.633. The van der Waals surface area contributed by atoms with Gasteiger partial charge in [0.2, 0.25) is 5.78 Å². The van der Waals surface area contributed by atoms with Crippen LogP contribution in [-0.4, -0.2) is 25.4 Å². The fraction of sp³-hybridized carbons (Fsp3) is 0.0833. The van der Waals surface area contributed by atoms with E-state index in [2.05, 4.69) is 9.97 Å². The first kappa shape index (κ1) is 13.1. The van der Waals surface area contributed by atoms with Gasteiger partial charge < -0.3 is 10.1 Å². The van der Waals surface area contributed by atoms with Crippen molar-refractivity contribution in [3.8, 4) is 0 Å². The van der Waals surface area contributed by atoms with E-state index in [0.717, 1.165) is 0 Å². The molecule has 0 aliphatic rings. The van der Waals surface area contributed by atoms with Gasteiger partial charge in [-0.3, -0.25) is 9.59 Å². The van der Waals surface area contributed by atoms with Crippen LogP contribution in [0.3, 0.4) is 0 Å². The van der Waals surface area contributed by atoms with Crippen LogP contribution >= 0.6 is 12.4 Å². The lowest BCUT2D eigenvalue weighted by molar-refractivity contribution is -0.136. The molecule has 3 rings (SSSR count). The van der Waals surface area contributed by atoms with Gasteiger partial charge in [0.1, 0.15) is 0 Å². The molecular formula is C12H10ClN3O3. The van der Waals surface area contributed by atoms with Crippen molar-refractivity contribution in [1.29, 1.82) is 0 Å². The van der Waals surface area contributed by atoms with Crippen LogP contribution in [0.4, 0.5) is 0 Å². The number of aromatic amines is 1. The van der Waals surface area contributed by atoms with Gasteiger partial charge in [0.05, 0.1) is 17.5 Å². The molecule has 7 heteroatoms. The Bertz CT molecular complexity index is 822. The fourth-order valence-corrected chi connectivity index (χ4v) is 1.98. The van der Waals surface area contributed by atoms with Crippen molar-refractivity contribution >= 4 is 35.2 Å². The van der Waals surface area contributed by atoms with E-state index >= 15 is 0 Å². The van der Waals surface area contributed by atoms with E-state index < -0.39 is 5.97 Å². The van der Waals surface area contributed by atoms with Crippen molar-refractivity contribution in [1.82, 2.24) is 14.4 Å². The number of H-pyrrole nitrogens is 1. The van der Waals surface area contributed by atoms with Crippen LogP contribution in [0.2, 0.25) is 0 Å². The van der Waals surface area contributed by atoms with Gasteiger partial charge in [0.15, 0.2) is 0 Å². The highest BCUT2D eigenvalue weighted by Gasteiger charge is 2.09. The van der Waals surface area contributed by atoms with Crippen molar-refractivity contribution in [3.05, 3.63) is 46.4 Å². The van der Waals surface area contributed by atoms with E-state index in [1.54, 1.807) is 12.1 Å². The maximum Gasteiger partial charge on any atom is 0.309 e. The van der Waals surface area contributed by atoms with E-state index in [1.807, 2.05) is 12.1 Å². The minimum absolute atomic E-state index is 0. The Hall–Kier alpha value is -2.34. The standard InChI is InChI=1S/C12H9N3O3.ClH/c16-10-5-7(6-11(17)18)13-12-14-8-3-1-2-4-9(8)15(10)12;/h1-5H,6H2,(H,13,14)(H,17,18);1H. The van der Waals surface area contributed by atoms with Gasteiger partial charge in [0.25, 0.3) is 5.56 Å². The van der Waals surface area contributed by atoms with Crippen LogP contribution in [-0.2, 0) is 11.2 Å². The Kier molecular flexibility index (Phi) is 3.26. The number of nitrogens with one attached hydrogen (secondary N) is 1. The highest BCUT2D eigenvalue weighted by Crippen LogP contribution is 2.12. The van der Waals surface area contributed by atoms with Crippen molar-refractivity contribution in [2.45, 2.75) is 6.42 Å². The Morgan fingerprint density at radius 1 is 1.37 bits per heavy atom. The molecule has 0 spiro atoms. The second-order valence-electron chi connectivity index (χ2n) is 3.96. The normalized spacial score (nSPS) is 10.5. The van der Waals surface area contributed by atoms with Gasteiger partial charge in [-0.2, -0.15) is 0 Å². The Morgan fingerprint density at radius 2 is 2.11 bits per heavy atom.